The highest BCUT2D eigenvalue weighted by Crippen LogP contribution is 2.34. The van der Waals surface area contributed by atoms with Crippen molar-refractivity contribution in [3.8, 4) is 0 Å². The Kier molecular flexibility index (Phi) is 5.28. The topological polar surface area (TPSA) is 86.2 Å². The molecule has 0 radical (unpaired) electrons. The van der Waals surface area contributed by atoms with Gasteiger partial charge in [0.15, 0.2) is 5.60 Å². The number of ether oxygens (including phenoxy) is 2. The van der Waals surface area contributed by atoms with E-state index in [0.717, 1.165) is 13.2 Å². The zero-order chi connectivity index (χ0) is 17.9. The number of benzene rings is 1. The molecule has 1 aliphatic heterocycles. The molecular weight excluding hydrogens is 343 g/mol. The SMILES string of the molecule is COC(=O)CC1(C)CC(c2cc(NC(=O)OC)c(F)cc2Cl)=NO1. The predicted molar refractivity (Wildman–Crippen MR) is 84.7 cm³/mol. The molecule has 1 aliphatic rings. The summed E-state index contributed by atoms with van der Waals surface area (Å²) in [5.41, 5.74) is -0.168. The zero-order valence-corrected chi connectivity index (χ0v) is 14.1. The molecule has 1 amide bonds. The number of amides is 1. The molecule has 1 atom stereocenters. The van der Waals surface area contributed by atoms with Crippen LogP contribution in [0.2, 0.25) is 5.02 Å². The molecule has 0 spiro atoms. The fourth-order valence-electron chi connectivity index (χ4n) is 2.23. The van der Waals surface area contributed by atoms with Gasteiger partial charge in [0, 0.05) is 12.0 Å². The van der Waals surface area contributed by atoms with E-state index in [1.54, 1.807) is 6.92 Å². The van der Waals surface area contributed by atoms with Crippen LogP contribution in [0.3, 0.4) is 0 Å². The minimum Gasteiger partial charge on any atom is -0.469 e. The first kappa shape index (κ1) is 18.0. The van der Waals surface area contributed by atoms with Crippen molar-refractivity contribution in [2.45, 2.75) is 25.4 Å². The van der Waals surface area contributed by atoms with Gasteiger partial charge in [-0.2, -0.15) is 0 Å². The van der Waals surface area contributed by atoms with Crippen molar-refractivity contribution >= 4 is 35.1 Å². The second kappa shape index (κ2) is 7.04. The fraction of sp³-hybridized carbons (Fsp3) is 0.400. The standard InChI is InChI=1S/C15H16ClFN2O5/c1-15(7-13(20)22-2)6-12(19-24-15)8-4-11(18-14(21)23-3)10(17)5-9(8)16/h4-5H,6-7H2,1-3H3,(H,18,21). The summed E-state index contributed by atoms with van der Waals surface area (Å²) in [4.78, 5) is 28.0. The van der Waals surface area contributed by atoms with Crippen molar-refractivity contribution < 1.29 is 28.3 Å². The molecule has 1 N–H and O–H groups in total. The van der Waals surface area contributed by atoms with Gasteiger partial charge in [-0.05, 0) is 19.1 Å². The van der Waals surface area contributed by atoms with Crippen LogP contribution in [0.5, 0.6) is 0 Å². The van der Waals surface area contributed by atoms with E-state index in [9.17, 15) is 14.0 Å². The number of carbonyl (C=O) groups excluding carboxylic acids is 2. The first-order valence-corrected chi connectivity index (χ1v) is 7.32. The molecule has 0 fully saturated rings. The predicted octanol–water partition coefficient (Wildman–Crippen LogP) is 3.10. The molecule has 130 valence electrons. The monoisotopic (exact) mass is 358 g/mol. The number of nitrogens with zero attached hydrogens (tertiary/aromatic N) is 1. The van der Waals surface area contributed by atoms with E-state index in [0.29, 0.717) is 11.3 Å². The van der Waals surface area contributed by atoms with Gasteiger partial charge in [0.1, 0.15) is 5.82 Å². The number of rotatable bonds is 4. The number of esters is 1. The molecule has 0 saturated heterocycles. The lowest BCUT2D eigenvalue weighted by Crippen LogP contribution is -2.29. The summed E-state index contributed by atoms with van der Waals surface area (Å²) in [5.74, 6) is -1.15. The van der Waals surface area contributed by atoms with Crippen LogP contribution in [0.1, 0.15) is 25.3 Å². The van der Waals surface area contributed by atoms with Crippen LogP contribution in [-0.2, 0) is 19.1 Å². The second-order valence-corrected chi connectivity index (χ2v) is 5.84. The van der Waals surface area contributed by atoms with Gasteiger partial charge in [-0.15, -0.1) is 0 Å². The summed E-state index contributed by atoms with van der Waals surface area (Å²) in [6.07, 6.45) is -0.546. The fourth-order valence-corrected chi connectivity index (χ4v) is 2.49. The highest BCUT2D eigenvalue weighted by atomic mass is 35.5. The van der Waals surface area contributed by atoms with Gasteiger partial charge in [0.2, 0.25) is 0 Å². The van der Waals surface area contributed by atoms with Gasteiger partial charge < -0.3 is 14.3 Å². The number of nitrogens with one attached hydrogen (secondary N) is 1. The van der Waals surface area contributed by atoms with Crippen LogP contribution in [-0.4, -0.2) is 37.6 Å². The maximum atomic E-state index is 13.9. The van der Waals surface area contributed by atoms with Crippen LogP contribution in [0, 0.1) is 5.82 Å². The van der Waals surface area contributed by atoms with E-state index < -0.39 is 23.5 Å². The van der Waals surface area contributed by atoms with Crippen LogP contribution in [0.25, 0.3) is 0 Å². The summed E-state index contributed by atoms with van der Waals surface area (Å²) in [6, 6.07) is 2.39. The lowest BCUT2D eigenvalue weighted by molar-refractivity contribution is -0.147. The molecule has 1 aromatic rings. The van der Waals surface area contributed by atoms with E-state index in [1.807, 2.05) is 0 Å². The van der Waals surface area contributed by atoms with Crippen molar-refractivity contribution in [1.82, 2.24) is 0 Å². The summed E-state index contributed by atoms with van der Waals surface area (Å²) >= 11 is 6.07. The third-order valence-electron chi connectivity index (χ3n) is 3.45. The number of methoxy groups -OCH3 is 2. The number of halogens is 2. The largest absolute Gasteiger partial charge is 0.469 e. The van der Waals surface area contributed by atoms with Gasteiger partial charge in [0.05, 0.1) is 37.1 Å². The van der Waals surface area contributed by atoms with E-state index in [-0.39, 0.29) is 23.6 Å². The molecule has 1 aromatic carbocycles. The summed E-state index contributed by atoms with van der Waals surface area (Å²) in [5, 5.41) is 6.29. The highest BCUT2D eigenvalue weighted by molar-refractivity contribution is 6.34. The molecule has 2 rings (SSSR count). The van der Waals surface area contributed by atoms with Gasteiger partial charge in [0.25, 0.3) is 0 Å². The molecule has 0 saturated carbocycles. The second-order valence-electron chi connectivity index (χ2n) is 5.44. The minimum absolute atomic E-state index is 0.00256. The molecule has 24 heavy (non-hydrogen) atoms. The smallest absolute Gasteiger partial charge is 0.411 e. The first-order chi connectivity index (χ1) is 11.3. The Morgan fingerprint density at radius 1 is 1.42 bits per heavy atom. The van der Waals surface area contributed by atoms with Gasteiger partial charge in [-0.25, -0.2) is 9.18 Å². The molecule has 9 heteroatoms. The summed E-state index contributed by atoms with van der Waals surface area (Å²) < 4.78 is 23.0. The van der Waals surface area contributed by atoms with Crippen molar-refractivity contribution in [2.24, 2.45) is 5.16 Å². The van der Waals surface area contributed by atoms with Crippen molar-refractivity contribution in [3.05, 3.63) is 28.5 Å². The van der Waals surface area contributed by atoms with E-state index in [4.69, 9.17) is 16.4 Å². The Morgan fingerprint density at radius 2 is 2.12 bits per heavy atom. The van der Waals surface area contributed by atoms with Crippen molar-refractivity contribution in [2.75, 3.05) is 19.5 Å². The molecule has 0 aliphatic carbocycles. The average Bonchev–Trinajstić information content (AvgIpc) is 2.91. The number of hydrogen-bond donors (Lipinski definition) is 1. The third kappa shape index (κ3) is 3.94. The Balaban J connectivity index is 2.25. The van der Waals surface area contributed by atoms with Crippen LogP contribution >= 0.6 is 11.6 Å². The molecular formula is C15H16ClFN2O5. The number of oxime groups is 1. The maximum absolute atomic E-state index is 13.9. The average molecular weight is 359 g/mol. The summed E-state index contributed by atoms with van der Waals surface area (Å²) in [6.45, 7) is 1.70. The Hall–Kier alpha value is -2.35. The quantitative estimate of drug-likeness (QED) is 0.836. The highest BCUT2D eigenvalue weighted by Gasteiger charge is 2.38. The molecule has 0 bridgehead atoms. The van der Waals surface area contributed by atoms with Gasteiger partial charge in [-0.3, -0.25) is 10.1 Å². The van der Waals surface area contributed by atoms with Crippen molar-refractivity contribution in [3.63, 3.8) is 0 Å². The van der Waals surface area contributed by atoms with E-state index in [2.05, 4.69) is 19.9 Å². The molecule has 1 heterocycles. The van der Waals surface area contributed by atoms with Gasteiger partial charge >= 0.3 is 12.1 Å². The van der Waals surface area contributed by atoms with Crippen LogP contribution in [0.15, 0.2) is 17.3 Å². The normalized spacial score (nSPS) is 19.3. The number of carbonyl (C=O) groups is 2. The third-order valence-corrected chi connectivity index (χ3v) is 3.77. The molecule has 7 nitrogen and oxygen atoms in total. The molecule has 1 unspecified atom stereocenters. The number of anilines is 1. The maximum Gasteiger partial charge on any atom is 0.411 e. The summed E-state index contributed by atoms with van der Waals surface area (Å²) in [7, 11) is 2.45. The van der Waals surface area contributed by atoms with E-state index >= 15 is 0 Å². The van der Waals surface area contributed by atoms with Gasteiger partial charge in [-0.1, -0.05) is 16.8 Å². The van der Waals surface area contributed by atoms with Crippen LogP contribution < -0.4 is 5.32 Å². The first-order valence-electron chi connectivity index (χ1n) is 6.94. The lowest BCUT2D eigenvalue weighted by atomic mass is 9.93. The van der Waals surface area contributed by atoms with Crippen molar-refractivity contribution in [1.29, 1.82) is 0 Å². The Labute approximate surface area is 142 Å². The van der Waals surface area contributed by atoms with E-state index in [1.165, 1.54) is 13.2 Å². The lowest BCUT2D eigenvalue weighted by Gasteiger charge is -2.19. The molecule has 0 aromatic heterocycles. The zero-order valence-electron chi connectivity index (χ0n) is 13.3. The Bertz CT molecular complexity index is 709. The van der Waals surface area contributed by atoms with Crippen LogP contribution in [0.4, 0.5) is 14.9 Å². The minimum atomic E-state index is -0.879. The Morgan fingerprint density at radius 3 is 2.75 bits per heavy atom. The number of hydrogen-bond acceptors (Lipinski definition) is 6.